The summed E-state index contributed by atoms with van der Waals surface area (Å²) in [5.74, 6) is 15.9. The molecule has 0 aromatic rings. The Labute approximate surface area is 146 Å². The van der Waals surface area contributed by atoms with Gasteiger partial charge in [-0.25, -0.2) is 0 Å². The zero-order valence-electron chi connectivity index (χ0n) is 13.8. The van der Waals surface area contributed by atoms with Crippen LogP contribution in [-0.2, 0) is 0 Å². The summed E-state index contributed by atoms with van der Waals surface area (Å²) in [7, 11) is 0. The fraction of sp³-hybridized carbons (Fsp3) is 0.455. The maximum absolute atomic E-state index is 3.30. The Kier molecular flexibility index (Phi) is 9.22. The van der Waals surface area contributed by atoms with Crippen LogP contribution in [0.15, 0.2) is 48.6 Å². The summed E-state index contributed by atoms with van der Waals surface area (Å²) in [6.45, 7) is 0. The summed E-state index contributed by atoms with van der Waals surface area (Å²) >= 11 is 1.89. The Morgan fingerprint density at radius 2 is 1.35 bits per heavy atom. The van der Waals surface area contributed by atoms with Crippen LogP contribution in [0.3, 0.4) is 0 Å². The molecule has 2 unspecified atom stereocenters. The molecule has 2 atom stereocenters. The van der Waals surface area contributed by atoms with Gasteiger partial charge in [0.15, 0.2) is 0 Å². The Morgan fingerprint density at radius 1 is 0.826 bits per heavy atom. The van der Waals surface area contributed by atoms with E-state index in [0.29, 0.717) is 11.8 Å². The predicted octanol–water partition coefficient (Wildman–Crippen LogP) is 5.55. The molecular formula is C22H26S. The third kappa shape index (κ3) is 8.59. The first-order valence-corrected chi connectivity index (χ1v) is 9.84. The smallest absolute Gasteiger partial charge is 0.0386 e. The zero-order chi connectivity index (χ0) is 16.0. The molecule has 0 aliphatic heterocycles. The van der Waals surface area contributed by atoms with Crippen LogP contribution in [0.5, 0.6) is 0 Å². The molecule has 0 fully saturated rings. The molecule has 0 aromatic heterocycles. The van der Waals surface area contributed by atoms with Crippen LogP contribution in [0.2, 0.25) is 0 Å². The summed E-state index contributed by atoms with van der Waals surface area (Å²) in [6.07, 6.45) is 24.7. The summed E-state index contributed by atoms with van der Waals surface area (Å²) < 4.78 is 0. The van der Waals surface area contributed by atoms with Crippen molar-refractivity contribution >= 4 is 11.8 Å². The minimum atomic E-state index is 0.474. The van der Waals surface area contributed by atoms with E-state index in [4.69, 9.17) is 0 Å². The monoisotopic (exact) mass is 322 g/mol. The SMILES string of the molecule is C(#CC1C=CCCC1)C=CCSCC=CC#CC1C=CCCC1. The maximum Gasteiger partial charge on any atom is 0.0386 e. The predicted molar refractivity (Wildman–Crippen MR) is 104 cm³/mol. The lowest BCUT2D eigenvalue weighted by Gasteiger charge is -2.08. The average Bonchev–Trinajstić information content (AvgIpc) is 2.61. The van der Waals surface area contributed by atoms with Gasteiger partial charge in [0.1, 0.15) is 0 Å². The van der Waals surface area contributed by atoms with Crippen molar-refractivity contribution < 1.29 is 0 Å². The molecule has 0 bridgehead atoms. The van der Waals surface area contributed by atoms with E-state index < -0.39 is 0 Å². The second-order valence-corrected chi connectivity index (χ2v) is 6.93. The van der Waals surface area contributed by atoms with Crippen molar-refractivity contribution in [2.24, 2.45) is 11.8 Å². The van der Waals surface area contributed by atoms with Crippen LogP contribution in [0.4, 0.5) is 0 Å². The van der Waals surface area contributed by atoms with Crippen molar-refractivity contribution in [3.05, 3.63) is 48.6 Å². The van der Waals surface area contributed by atoms with Crippen LogP contribution >= 0.6 is 11.8 Å². The first kappa shape index (κ1) is 17.8. The number of rotatable bonds is 4. The average molecular weight is 323 g/mol. The van der Waals surface area contributed by atoms with Crippen LogP contribution in [0.25, 0.3) is 0 Å². The van der Waals surface area contributed by atoms with Gasteiger partial charge in [-0.05, 0) is 50.7 Å². The van der Waals surface area contributed by atoms with Crippen LogP contribution in [-0.4, -0.2) is 11.5 Å². The van der Waals surface area contributed by atoms with Gasteiger partial charge in [-0.2, -0.15) is 11.8 Å². The first-order chi connectivity index (χ1) is 11.4. The summed E-state index contributed by atoms with van der Waals surface area (Å²) in [6, 6.07) is 0. The number of hydrogen-bond acceptors (Lipinski definition) is 1. The van der Waals surface area contributed by atoms with Crippen molar-refractivity contribution in [1.29, 1.82) is 0 Å². The molecule has 0 spiro atoms. The van der Waals surface area contributed by atoms with Gasteiger partial charge in [-0.3, -0.25) is 0 Å². The van der Waals surface area contributed by atoms with Crippen molar-refractivity contribution in [2.75, 3.05) is 11.5 Å². The first-order valence-electron chi connectivity index (χ1n) is 8.68. The van der Waals surface area contributed by atoms with Gasteiger partial charge in [0.2, 0.25) is 0 Å². The van der Waals surface area contributed by atoms with Gasteiger partial charge in [0.25, 0.3) is 0 Å². The Balaban J connectivity index is 1.53. The van der Waals surface area contributed by atoms with E-state index >= 15 is 0 Å². The van der Waals surface area contributed by atoms with E-state index in [9.17, 15) is 0 Å². The maximum atomic E-state index is 3.30. The van der Waals surface area contributed by atoms with Gasteiger partial charge in [0.05, 0.1) is 0 Å². The lowest BCUT2D eigenvalue weighted by atomic mass is 9.97. The van der Waals surface area contributed by atoms with Crippen molar-refractivity contribution in [1.82, 2.24) is 0 Å². The lowest BCUT2D eigenvalue weighted by Crippen LogP contribution is -1.96. The minimum absolute atomic E-state index is 0.474. The van der Waals surface area contributed by atoms with E-state index in [0.717, 1.165) is 11.5 Å². The zero-order valence-corrected chi connectivity index (χ0v) is 14.7. The highest BCUT2D eigenvalue weighted by atomic mass is 32.2. The summed E-state index contributed by atoms with van der Waals surface area (Å²) in [5.41, 5.74) is 0. The Bertz CT molecular complexity index is 517. The summed E-state index contributed by atoms with van der Waals surface area (Å²) in [5, 5.41) is 0. The van der Waals surface area contributed by atoms with Crippen LogP contribution in [0.1, 0.15) is 38.5 Å². The molecule has 0 aromatic carbocycles. The largest absolute Gasteiger partial charge is 0.154 e. The third-order valence-electron chi connectivity index (χ3n) is 3.88. The normalized spacial score (nSPS) is 23.5. The number of thioether (sulfide) groups is 1. The molecule has 0 nitrogen and oxygen atoms in total. The lowest BCUT2D eigenvalue weighted by molar-refractivity contribution is 0.645. The molecule has 0 saturated carbocycles. The standard InChI is InChI=1S/C22H26S/c1-5-13-21(14-6-1)17-9-3-11-19-23-20-12-4-10-18-22-15-7-2-8-16-22/h3-5,7,11-13,15,21-22H,1-2,6,8,14,16,19-20H2. The molecule has 23 heavy (non-hydrogen) atoms. The van der Waals surface area contributed by atoms with Crippen molar-refractivity contribution in [2.45, 2.75) is 38.5 Å². The molecule has 2 aliphatic rings. The molecule has 2 aliphatic carbocycles. The van der Waals surface area contributed by atoms with E-state index in [1.807, 2.05) is 23.9 Å². The molecule has 2 rings (SSSR count). The number of allylic oxidation sites excluding steroid dienone is 6. The van der Waals surface area contributed by atoms with E-state index in [1.165, 1.54) is 38.5 Å². The van der Waals surface area contributed by atoms with Gasteiger partial charge < -0.3 is 0 Å². The quantitative estimate of drug-likeness (QED) is 0.371. The number of hydrogen-bond donors (Lipinski definition) is 0. The fourth-order valence-corrected chi connectivity index (χ4v) is 3.19. The summed E-state index contributed by atoms with van der Waals surface area (Å²) in [4.78, 5) is 0. The Morgan fingerprint density at radius 3 is 1.78 bits per heavy atom. The molecule has 0 heterocycles. The van der Waals surface area contributed by atoms with E-state index in [-0.39, 0.29) is 0 Å². The topological polar surface area (TPSA) is 0 Å². The van der Waals surface area contributed by atoms with Gasteiger partial charge >= 0.3 is 0 Å². The molecule has 120 valence electrons. The van der Waals surface area contributed by atoms with E-state index in [1.54, 1.807) is 0 Å². The molecule has 1 heteroatoms. The van der Waals surface area contributed by atoms with Crippen LogP contribution in [0, 0.1) is 35.5 Å². The van der Waals surface area contributed by atoms with Crippen molar-refractivity contribution in [3.8, 4) is 23.7 Å². The highest BCUT2D eigenvalue weighted by Gasteiger charge is 2.03. The Hall–Kier alpha value is -1.57. The molecule has 0 N–H and O–H groups in total. The van der Waals surface area contributed by atoms with E-state index in [2.05, 4.69) is 60.1 Å². The molecule has 0 radical (unpaired) electrons. The second-order valence-electron chi connectivity index (χ2n) is 5.85. The minimum Gasteiger partial charge on any atom is -0.154 e. The molecule has 0 saturated heterocycles. The fourth-order valence-electron chi connectivity index (χ4n) is 2.59. The highest BCUT2D eigenvalue weighted by Crippen LogP contribution is 2.16. The second kappa shape index (κ2) is 11.9. The van der Waals surface area contributed by atoms with Gasteiger partial charge in [0, 0.05) is 23.3 Å². The highest BCUT2D eigenvalue weighted by molar-refractivity contribution is 7.99. The van der Waals surface area contributed by atoms with Crippen molar-refractivity contribution in [3.63, 3.8) is 0 Å². The van der Waals surface area contributed by atoms with Crippen LogP contribution < -0.4 is 0 Å². The molecule has 0 amide bonds. The van der Waals surface area contributed by atoms with Gasteiger partial charge in [-0.15, -0.1) is 0 Å². The van der Waals surface area contributed by atoms with Gasteiger partial charge in [-0.1, -0.05) is 60.1 Å². The third-order valence-corrected chi connectivity index (χ3v) is 4.73. The molecular weight excluding hydrogens is 296 g/mol.